The Bertz CT molecular complexity index is 958. The molecule has 0 radical (unpaired) electrons. The van der Waals surface area contributed by atoms with E-state index in [4.69, 9.17) is 5.73 Å². The van der Waals surface area contributed by atoms with Crippen molar-refractivity contribution < 1.29 is 9.59 Å². The number of pyridine rings is 1. The maximum Gasteiger partial charge on any atom is 0.254 e. The fraction of sp³-hybridized carbons (Fsp3) is 0.458. The predicted molar refractivity (Wildman–Crippen MR) is 128 cm³/mol. The van der Waals surface area contributed by atoms with E-state index in [-0.39, 0.29) is 11.8 Å². The van der Waals surface area contributed by atoms with E-state index in [9.17, 15) is 9.59 Å². The first-order chi connectivity index (χ1) is 15.5. The highest BCUT2D eigenvalue weighted by Crippen LogP contribution is 2.36. The number of Topliss-reactive ketones (excluding diaryl/α,β-unsaturated/α-hetero) is 1. The zero-order valence-corrected chi connectivity index (χ0v) is 18.6. The summed E-state index contributed by atoms with van der Waals surface area (Å²) in [5.74, 6) is 0.497. The van der Waals surface area contributed by atoms with Crippen LogP contribution in [0.3, 0.4) is 0 Å². The molecule has 32 heavy (non-hydrogen) atoms. The van der Waals surface area contributed by atoms with Crippen molar-refractivity contribution in [1.29, 1.82) is 0 Å². The van der Waals surface area contributed by atoms with Gasteiger partial charge in [-0.15, -0.1) is 0 Å². The van der Waals surface area contributed by atoms with Crippen LogP contribution in [0.25, 0.3) is 0 Å². The van der Waals surface area contributed by atoms with E-state index in [0.717, 1.165) is 24.5 Å². The number of hydrogen-bond donors (Lipinski definition) is 4. The van der Waals surface area contributed by atoms with Crippen molar-refractivity contribution in [3.8, 4) is 0 Å². The fourth-order valence-corrected chi connectivity index (χ4v) is 4.71. The lowest BCUT2D eigenvalue weighted by Gasteiger charge is -2.38. The molecule has 5 N–H and O–H groups in total. The third kappa shape index (κ3) is 4.85. The molecule has 170 valence electrons. The molecular weight excluding hydrogens is 404 g/mol. The molecule has 1 saturated heterocycles. The van der Waals surface area contributed by atoms with Crippen LogP contribution in [0.1, 0.15) is 43.0 Å². The zero-order chi connectivity index (χ0) is 22.5. The lowest BCUT2D eigenvalue weighted by atomic mass is 10.0. The standard InChI is InChI=1S/C24H32N6O2/c1-16(31)19-14-26-11-12-30(19)20-15-28-24(29-18-9-3-2-4-10-18)21(23(25)32)22(20)27-13-17-7-5-6-8-17/h2-4,9-10,15,17,19,26H,5-8,11-14H2,1H3,(H2,25,32)(H2,27,28,29). The van der Waals surface area contributed by atoms with E-state index >= 15 is 0 Å². The number of nitrogens with two attached hydrogens (primary N) is 1. The number of benzene rings is 1. The molecule has 0 bridgehead atoms. The molecule has 1 aromatic heterocycles. The Morgan fingerprint density at radius 1 is 1.22 bits per heavy atom. The van der Waals surface area contributed by atoms with E-state index in [0.29, 0.717) is 36.1 Å². The molecule has 0 spiro atoms. The lowest BCUT2D eigenvalue weighted by Crippen LogP contribution is -2.54. The SMILES string of the molecule is CC(=O)C1CNCCN1c1cnc(Nc2ccccc2)c(C(N)=O)c1NCC1CCCC1. The van der Waals surface area contributed by atoms with Crippen LogP contribution in [0.4, 0.5) is 22.9 Å². The topological polar surface area (TPSA) is 112 Å². The van der Waals surface area contributed by atoms with Gasteiger partial charge in [0.05, 0.1) is 23.6 Å². The molecule has 1 amide bonds. The normalized spacial score (nSPS) is 19.0. The number of carbonyl (C=O) groups is 2. The Kier molecular flexibility index (Phi) is 6.90. The third-order valence-corrected chi connectivity index (χ3v) is 6.41. The first-order valence-electron chi connectivity index (χ1n) is 11.4. The molecule has 8 heteroatoms. The number of para-hydroxylation sites is 1. The minimum absolute atomic E-state index is 0.0751. The summed E-state index contributed by atoms with van der Waals surface area (Å²) in [5.41, 5.74) is 8.44. The van der Waals surface area contributed by atoms with Gasteiger partial charge in [0, 0.05) is 31.9 Å². The second kappa shape index (κ2) is 9.99. The van der Waals surface area contributed by atoms with E-state index in [2.05, 4.69) is 20.9 Å². The van der Waals surface area contributed by atoms with Crippen LogP contribution in [0.5, 0.6) is 0 Å². The lowest BCUT2D eigenvalue weighted by molar-refractivity contribution is -0.118. The Hall–Kier alpha value is -3.13. The van der Waals surface area contributed by atoms with Gasteiger partial charge >= 0.3 is 0 Å². The van der Waals surface area contributed by atoms with Gasteiger partial charge in [0.25, 0.3) is 5.91 Å². The molecule has 2 fully saturated rings. The fourth-order valence-electron chi connectivity index (χ4n) is 4.71. The van der Waals surface area contributed by atoms with Crippen molar-refractivity contribution in [2.75, 3.05) is 41.7 Å². The number of carbonyl (C=O) groups excluding carboxylic acids is 2. The molecule has 1 aromatic carbocycles. The van der Waals surface area contributed by atoms with Crippen LogP contribution in [0.2, 0.25) is 0 Å². The Balaban J connectivity index is 1.76. The monoisotopic (exact) mass is 436 g/mol. The number of amides is 1. The van der Waals surface area contributed by atoms with Gasteiger partial charge < -0.3 is 26.6 Å². The van der Waals surface area contributed by atoms with Gasteiger partial charge in [-0.2, -0.15) is 0 Å². The minimum atomic E-state index is -0.554. The first kappa shape index (κ1) is 22.1. The van der Waals surface area contributed by atoms with Crippen LogP contribution < -0.4 is 26.6 Å². The number of primary amides is 1. The Labute approximate surface area is 189 Å². The van der Waals surface area contributed by atoms with Crippen LogP contribution in [-0.4, -0.2) is 48.9 Å². The average molecular weight is 437 g/mol. The van der Waals surface area contributed by atoms with Gasteiger partial charge in [-0.3, -0.25) is 9.59 Å². The van der Waals surface area contributed by atoms with Gasteiger partial charge in [-0.25, -0.2) is 4.98 Å². The van der Waals surface area contributed by atoms with Crippen molar-refractivity contribution in [3.05, 3.63) is 42.1 Å². The molecule has 4 rings (SSSR count). The molecule has 1 atom stereocenters. The molecule has 8 nitrogen and oxygen atoms in total. The smallest absolute Gasteiger partial charge is 0.254 e. The Morgan fingerprint density at radius 3 is 2.66 bits per heavy atom. The number of rotatable bonds is 8. The number of hydrogen-bond acceptors (Lipinski definition) is 7. The Morgan fingerprint density at radius 2 is 1.97 bits per heavy atom. The van der Waals surface area contributed by atoms with Gasteiger partial charge in [0.2, 0.25) is 0 Å². The van der Waals surface area contributed by atoms with Crippen LogP contribution in [0.15, 0.2) is 36.5 Å². The summed E-state index contributed by atoms with van der Waals surface area (Å²) in [4.78, 5) is 31.7. The van der Waals surface area contributed by atoms with Gasteiger partial charge in [-0.1, -0.05) is 31.0 Å². The minimum Gasteiger partial charge on any atom is -0.382 e. The largest absolute Gasteiger partial charge is 0.382 e. The maximum absolute atomic E-state index is 12.7. The number of anilines is 4. The molecule has 1 aliphatic heterocycles. The number of aromatic nitrogens is 1. The highest BCUT2D eigenvalue weighted by Gasteiger charge is 2.31. The van der Waals surface area contributed by atoms with Crippen molar-refractivity contribution >= 4 is 34.6 Å². The van der Waals surface area contributed by atoms with Gasteiger partial charge in [0.1, 0.15) is 11.4 Å². The second-order valence-corrected chi connectivity index (χ2v) is 8.65. The highest BCUT2D eigenvalue weighted by molar-refractivity contribution is 6.06. The van der Waals surface area contributed by atoms with E-state index in [1.165, 1.54) is 25.7 Å². The van der Waals surface area contributed by atoms with Gasteiger partial charge in [-0.05, 0) is 37.8 Å². The molecule has 1 unspecified atom stereocenters. The molecule has 2 aliphatic rings. The zero-order valence-electron chi connectivity index (χ0n) is 18.6. The predicted octanol–water partition coefficient (Wildman–Crippen LogP) is 2.89. The van der Waals surface area contributed by atoms with E-state index in [1.807, 2.05) is 35.2 Å². The number of nitrogens with one attached hydrogen (secondary N) is 3. The summed E-state index contributed by atoms with van der Waals surface area (Å²) < 4.78 is 0. The maximum atomic E-state index is 12.7. The average Bonchev–Trinajstić information content (AvgIpc) is 3.32. The molecule has 1 aliphatic carbocycles. The molecule has 1 saturated carbocycles. The summed E-state index contributed by atoms with van der Waals surface area (Å²) in [6.07, 6.45) is 6.58. The van der Waals surface area contributed by atoms with Crippen molar-refractivity contribution in [3.63, 3.8) is 0 Å². The number of piperazine rings is 1. The van der Waals surface area contributed by atoms with Crippen LogP contribution >= 0.6 is 0 Å². The van der Waals surface area contributed by atoms with E-state index < -0.39 is 5.91 Å². The summed E-state index contributed by atoms with van der Waals surface area (Å²) in [6, 6.07) is 9.27. The van der Waals surface area contributed by atoms with Crippen molar-refractivity contribution in [2.45, 2.75) is 38.6 Å². The van der Waals surface area contributed by atoms with Crippen LogP contribution in [-0.2, 0) is 4.79 Å². The first-order valence-corrected chi connectivity index (χ1v) is 11.4. The molecular formula is C24H32N6O2. The van der Waals surface area contributed by atoms with Crippen molar-refractivity contribution in [1.82, 2.24) is 10.3 Å². The second-order valence-electron chi connectivity index (χ2n) is 8.65. The summed E-state index contributed by atoms with van der Waals surface area (Å²) in [5, 5.41) is 10.1. The highest BCUT2D eigenvalue weighted by atomic mass is 16.1. The van der Waals surface area contributed by atoms with Crippen LogP contribution in [0, 0.1) is 5.92 Å². The van der Waals surface area contributed by atoms with Crippen molar-refractivity contribution in [2.24, 2.45) is 11.7 Å². The van der Waals surface area contributed by atoms with E-state index in [1.54, 1.807) is 13.1 Å². The number of nitrogens with zero attached hydrogens (tertiary/aromatic N) is 2. The summed E-state index contributed by atoms with van der Waals surface area (Å²) in [6.45, 7) is 4.33. The number of ketones is 1. The molecule has 2 aromatic rings. The quantitative estimate of drug-likeness (QED) is 0.503. The summed E-state index contributed by atoms with van der Waals surface area (Å²) >= 11 is 0. The summed E-state index contributed by atoms with van der Waals surface area (Å²) in [7, 11) is 0. The van der Waals surface area contributed by atoms with Gasteiger partial charge in [0.15, 0.2) is 5.78 Å². The third-order valence-electron chi connectivity index (χ3n) is 6.41. The molecule has 2 heterocycles.